The first-order valence-electron chi connectivity index (χ1n) is 4.86. The van der Waals surface area contributed by atoms with E-state index >= 15 is 0 Å². The van der Waals surface area contributed by atoms with Crippen LogP contribution in [0, 0.1) is 0 Å². The molecule has 1 aromatic carbocycles. The molecule has 16 heavy (non-hydrogen) atoms. The van der Waals surface area contributed by atoms with Crippen molar-refractivity contribution in [2.75, 3.05) is 6.26 Å². The van der Waals surface area contributed by atoms with E-state index in [1.54, 1.807) is 12.1 Å². The molecule has 0 saturated carbocycles. The molecule has 0 fully saturated rings. The zero-order chi connectivity index (χ0) is 12.6. The van der Waals surface area contributed by atoms with Crippen LogP contribution in [0.15, 0.2) is 23.1 Å². The number of rotatable bonds is 3. The molecule has 2 N–H and O–H groups in total. The number of halogens is 1. The first-order chi connectivity index (χ1) is 7.08. The standard InChI is InChI=1S/C11H16ClNO2S/c1-11(2,13)7-8-4-9(12)6-10(5-8)16(3,14)15/h4-6H,7,13H2,1-3H3. The molecule has 3 nitrogen and oxygen atoms in total. The average Bonchev–Trinajstić information content (AvgIpc) is 1.97. The molecule has 1 rings (SSSR count). The first kappa shape index (κ1) is 13.5. The molecule has 0 bridgehead atoms. The lowest BCUT2D eigenvalue weighted by Gasteiger charge is -2.18. The summed E-state index contributed by atoms with van der Waals surface area (Å²) in [6.07, 6.45) is 1.74. The minimum absolute atomic E-state index is 0.235. The second kappa shape index (κ2) is 4.35. The lowest BCUT2D eigenvalue weighted by molar-refractivity contribution is 0.516. The van der Waals surface area contributed by atoms with Crippen LogP contribution in [0.1, 0.15) is 19.4 Å². The van der Waals surface area contributed by atoms with E-state index in [4.69, 9.17) is 17.3 Å². The summed E-state index contributed by atoms with van der Waals surface area (Å²) < 4.78 is 22.8. The highest BCUT2D eigenvalue weighted by atomic mass is 35.5. The van der Waals surface area contributed by atoms with Gasteiger partial charge < -0.3 is 5.73 Å². The molecular formula is C11H16ClNO2S. The van der Waals surface area contributed by atoms with E-state index in [-0.39, 0.29) is 10.4 Å². The Labute approximate surface area is 102 Å². The molecule has 0 aliphatic rings. The molecule has 0 aliphatic carbocycles. The normalized spacial score (nSPS) is 12.8. The van der Waals surface area contributed by atoms with Crippen molar-refractivity contribution < 1.29 is 8.42 Å². The van der Waals surface area contributed by atoms with E-state index < -0.39 is 9.84 Å². The number of sulfone groups is 1. The molecule has 0 heterocycles. The molecule has 0 atom stereocenters. The molecule has 90 valence electrons. The third-order valence-electron chi connectivity index (χ3n) is 2.02. The predicted molar refractivity (Wildman–Crippen MR) is 66.5 cm³/mol. The Morgan fingerprint density at radius 3 is 2.31 bits per heavy atom. The van der Waals surface area contributed by atoms with Gasteiger partial charge in [0.05, 0.1) is 4.90 Å². The summed E-state index contributed by atoms with van der Waals surface area (Å²) in [6, 6.07) is 4.81. The van der Waals surface area contributed by atoms with Crippen LogP contribution in [-0.2, 0) is 16.3 Å². The lowest BCUT2D eigenvalue weighted by atomic mass is 9.96. The predicted octanol–water partition coefficient (Wildman–Crippen LogP) is 2.02. The second-order valence-corrected chi connectivity index (χ2v) is 7.18. The van der Waals surface area contributed by atoms with Crippen LogP contribution < -0.4 is 5.73 Å². The van der Waals surface area contributed by atoms with Gasteiger partial charge in [0.25, 0.3) is 0 Å². The molecule has 0 radical (unpaired) electrons. The quantitative estimate of drug-likeness (QED) is 0.906. The van der Waals surface area contributed by atoms with Crippen molar-refractivity contribution >= 4 is 21.4 Å². The van der Waals surface area contributed by atoms with Gasteiger partial charge in [-0.3, -0.25) is 0 Å². The van der Waals surface area contributed by atoms with Crippen LogP contribution in [0.25, 0.3) is 0 Å². The monoisotopic (exact) mass is 261 g/mol. The van der Waals surface area contributed by atoms with Crippen molar-refractivity contribution in [1.82, 2.24) is 0 Å². The Bertz CT molecular complexity index is 489. The maximum atomic E-state index is 11.4. The van der Waals surface area contributed by atoms with Gasteiger partial charge in [-0.05, 0) is 44.0 Å². The van der Waals surface area contributed by atoms with Gasteiger partial charge in [0, 0.05) is 16.8 Å². The molecular weight excluding hydrogens is 246 g/mol. The largest absolute Gasteiger partial charge is 0.325 e. The van der Waals surface area contributed by atoms with Gasteiger partial charge in [0.15, 0.2) is 9.84 Å². The van der Waals surface area contributed by atoms with Crippen molar-refractivity contribution in [1.29, 1.82) is 0 Å². The summed E-state index contributed by atoms with van der Waals surface area (Å²) in [5.74, 6) is 0. The van der Waals surface area contributed by atoms with Gasteiger partial charge in [0.1, 0.15) is 0 Å². The zero-order valence-corrected chi connectivity index (χ0v) is 11.2. The Hall–Kier alpha value is -0.580. The van der Waals surface area contributed by atoms with Crippen molar-refractivity contribution in [3.8, 4) is 0 Å². The van der Waals surface area contributed by atoms with E-state index in [0.717, 1.165) is 11.8 Å². The third kappa shape index (κ3) is 4.12. The van der Waals surface area contributed by atoms with Crippen molar-refractivity contribution in [2.24, 2.45) is 5.73 Å². The van der Waals surface area contributed by atoms with Crippen molar-refractivity contribution in [3.05, 3.63) is 28.8 Å². The Kier molecular flexibility index (Phi) is 3.67. The molecule has 1 aromatic rings. The number of hydrogen-bond acceptors (Lipinski definition) is 3. The Balaban J connectivity index is 3.19. The SMILES string of the molecule is CC(C)(N)Cc1cc(Cl)cc(S(C)(=O)=O)c1. The molecule has 0 aromatic heterocycles. The highest BCUT2D eigenvalue weighted by Gasteiger charge is 2.15. The van der Waals surface area contributed by atoms with Crippen molar-refractivity contribution in [3.63, 3.8) is 0 Å². The Morgan fingerprint density at radius 2 is 1.88 bits per heavy atom. The molecule has 0 aliphatic heterocycles. The van der Waals surface area contributed by atoms with Crippen LogP contribution in [0.5, 0.6) is 0 Å². The lowest BCUT2D eigenvalue weighted by Crippen LogP contribution is -2.34. The molecule has 0 unspecified atom stereocenters. The van der Waals surface area contributed by atoms with Gasteiger partial charge in [-0.1, -0.05) is 11.6 Å². The van der Waals surface area contributed by atoms with Gasteiger partial charge in [-0.15, -0.1) is 0 Å². The highest BCUT2D eigenvalue weighted by Crippen LogP contribution is 2.21. The average molecular weight is 262 g/mol. The summed E-state index contributed by atoms with van der Waals surface area (Å²) in [4.78, 5) is 0.235. The third-order valence-corrected chi connectivity index (χ3v) is 3.33. The fourth-order valence-corrected chi connectivity index (χ4v) is 2.49. The summed E-state index contributed by atoms with van der Waals surface area (Å²) in [7, 11) is -3.23. The summed E-state index contributed by atoms with van der Waals surface area (Å²) >= 11 is 5.88. The molecule has 0 amide bonds. The van der Waals surface area contributed by atoms with E-state index in [1.807, 2.05) is 13.8 Å². The Morgan fingerprint density at radius 1 is 1.31 bits per heavy atom. The fourth-order valence-electron chi connectivity index (χ4n) is 1.46. The zero-order valence-electron chi connectivity index (χ0n) is 9.62. The van der Waals surface area contributed by atoms with Crippen LogP contribution in [0.4, 0.5) is 0 Å². The van der Waals surface area contributed by atoms with E-state index in [1.165, 1.54) is 6.07 Å². The number of nitrogens with two attached hydrogens (primary N) is 1. The number of benzene rings is 1. The first-order valence-corrected chi connectivity index (χ1v) is 7.13. The van der Waals surface area contributed by atoms with Gasteiger partial charge in [-0.25, -0.2) is 8.42 Å². The number of hydrogen-bond donors (Lipinski definition) is 1. The van der Waals surface area contributed by atoms with Crippen LogP contribution in [0.3, 0.4) is 0 Å². The minimum atomic E-state index is -3.23. The van der Waals surface area contributed by atoms with E-state index in [0.29, 0.717) is 11.4 Å². The van der Waals surface area contributed by atoms with Crippen LogP contribution in [0.2, 0.25) is 5.02 Å². The van der Waals surface area contributed by atoms with Gasteiger partial charge >= 0.3 is 0 Å². The van der Waals surface area contributed by atoms with Gasteiger partial charge in [0.2, 0.25) is 0 Å². The smallest absolute Gasteiger partial charge is 0.175 e. The van der Waals surface area contributed by atoms with Crippen LogP contribution >= 0.6 is 11.6 Å². The molecule has 0 saturated heterocycles. The summed E-state index contributed by atoms with van der Waals surface area (Å²) in [5.41, 5.74) is 6.33. The van der Waals surface area contributed by atoms with Crippen LogP contribution in [-0.4, -0.2) is 20.2 Å². The molecule has 5 heteroatoms. The van der Waals surface area contributed by atoms with Gasteiger partial charge in [-0.2, -0.15) is 0 Å². The van der Waals surface area contributed by atoms with Crippen molar-refractivity contribution in [2.45, 2.75) is 30.7 Å². The van der Waals surface area contributed by atoms with E-state index in [9.17, 15) is 8.42 Å². The maximum absolute atomic E-state index is 11.4. The minimum Gasteiger partial charge on any atom is -0.325 e. The topological polar surface area (TPSA) is 60.2 Å². The van der Waals surface area contributed by atoms with E-state index in [2.05, 4.69) is 0 Å². The second-order valence-electron chi connectivity index (χ2n) is 4.73. The summed E-state index contributed by atoms with van der Waals surface area (Å²) in [5, 5.41) is 0.419. The maximum Gasteiger partial charge on any atom is 0.175 e. The summed E-state index contributed by atoms with van der Waals surface area (Å²) in [6.45, 7) is 3.77. The highest BCUT2D eigenvalue weighted by molar-refractivity contribution is 7.90. The molecule has 0 spiro atoms. The fraction of sp³-hybridized carbons (Fsp3) is 0.455.